The van der Waals surface area contributed by atoms with Crippen LogP contribution < -0.4 is 10.6 Å². The minimum atomic E-state index is -4.10. The van der Waals surface area contributed by atoms with Crippen LogP contribution in [0, 0.1) is 5.92 Å². The maximum absolute atomic E-state index is 12.7. The van der Waals surface area contributed by atoms with Gasteiger partial charge in [0.15, 0.2) is 5.96 Å². The first-order valence-corrected chi connectivity index (χ1v) is 8.02. The number of aliphatic imine (C=N–C) groups is 1. The molecule has 1 aromatic heterocycles. The Kier molecular flexibility index (Phi) is 8.04. The topological polar surface area (TPSA) is 69.8 Å². The fraction of sp³-hybridized carbons (Fsp3) is 0.688. The molecule has 0 aliphatic heterocycles. The molecular formula is C16H25F3IN3O2. The predicted octanol–water partition coefficient (Wildman–Crippen LogP) is 3.39. The second-order valence-corrected chi connectivity index (χ2v) is 6.41. The summed E-state index contributed by atoms with van der Waals surface area (Å²) in [6.45, 7) is 1.78. The van der Waals surface area contributed by atoms with Crippen molar-refractivity contribution in [3.8, 4) is 0 Å². The monoisotopic (exact) mass is 475 g/mol. The molecule has 0 spiro atoms. The van der Waals surface area contributed by atoms with Gasteiger partial charge < -0.3 is 20.2 Å². The first-order valence-electron chi connectivity index (χ1n) is 8.02. The van der Waals surface area contributed by atoms with E-state index in [9.17, 15) is 18.3 Å². The Balaban J connectivity index is 0.00000312. The van der Waals surface area contributed by atoms with Crippen molar-refractivity contribution in [1.29, 1.82) is 0 Å². The molecule has 3 N–H and O–H groups in total. The van der Waals surface area contributed by atoms with Gasteiger partial charge in [-0.05, 0) is 44.7 Å². The molecule has 1 unspecified atom stereocenters. The number of furan rings is 1. The summed E-state index contributed by atoms with van der Waals surface area (Å²) in [5, 5.41) is 16.5. The SMILES string of the molecule is CN=C(NCC(C)(O)c1ccco1)NC1CCC(C(F)(F)F)CC1.I. The fourth-order valence-corrected chi connectivity index (χ4v) is 2.88. The lowest BCUT2D eigenvalue weighted by Crippen LogP contribution is -2.49. The summed E-state index contributed by atoms with van der Waals surface area (Å²) in [4.78, 5) is 4.06. The average Bonchev–Trinajstić information content (AvgIpc) is 3.06. The molecule has 1 heterocycles. The number of rotatable bonds is 4. The van der Waals surface area contributed by atoms with E-state index in [1.807, 2.05) is 0 Å². The van der Waals surface area contributed by atoms with Gasteiger partial charge in [-0.1, -0.05) is 0 Å². The van der Waals surface area contributed by atoms with Crippen molar-refractivity contribution in [1.82, 2.24) is 10.6 Å². The first kappa shape index (κ1) is 22.1. The molecule has 0 aromatic carbocycles. The third kappa shape index (κ3) is 6.36. The van der Waals surface area contributed by atoms with E-state index in [-0.39, 0.29) is 49.4 Å². The van der Waals surface area contributed by atoms with Gasteiger partial charge in [0.05, 0.1) is 18.7 Å². The first-order chi connectivity index (χ1) is 11.2. The van der Waals surface area contributed by atoms with E-state index in [4.69, 9.17) is 4.42 Å². The van der Waals surface area contributed by atoms with E-state index >= 15 is 0 Å². The maximum Gasteiger partial charge on any atom is 0.391 e. The third-order valence-corrected chi connectivity index (χ3v) is 4.41. The Morgan fingerprint density at radius 2 is 1.96 bits per heavy atom. The molecule has 0 radical (unpaired) electrons. The predicted molar refractivity (Wildman–Crippen MR) is 100.0 cm³/mol. The summed E-state index contributed by atoms with van der Waals surface area (Å²) in [5.74, 6) is -0.321. The van der Waals surface area contributed by atoms with Crippen LogP contribution in [0.2, 0.25) is 0 Å². The minimum Gasteiger partial charge on any atom is -0.466 e. The van der Waals surface area contributed by atoms with E-state index < -0.39 is 17.7 Å². The Labute approximate surface area is 162 Å². The van der Waals surface area contributed by atoms with Crippen LogP contribution in [0.1, 0.15) is 38.4 Å². The number of nitrogens with one attached hydrogen (secondary N) is 2. The van der Waals surface area contributed by atoms with Gasteiger partial charge in [-0.3, -0.25) is 4.99 Å². The Morgan fingerprint density at radius 3 is 2.44 bits per heavy atom. The largest absolute Gasteiger partial charge is 0.466 e. The third-order valence-electron chi connectivity index (χ3n) is 4.41. The van der Waals surface area contributed by atoms with Gasteiger partial charge in [0, 0.05) is 13.1 Å². The van der Waals surface area contributed by atoms with Crippen LogP contribution in [0.5, 0.6) is 0 Å². The van der Waals surface area contributed by atoms with Crippen molar-refractivity contribution < 1.29 is 22.7 Å². The standard InChI is InChI=1S/C16H24F3N3O2.HI/c1-15(23,13-4-3-9-24-13)10-21-14(20-2)22-12-7-5-11(6-8-12)16(17,18)19;/h3-4,9,11-12,23H,5-8,10H2,1-2H3,(H2,20,21,22);1H. The normalized spacial score (nSPS) is 24.2. The molecule has 1 atom stereocenters. The number of aliphatic hydroxyl groups is 1. The molecule has 1 saturated carbocycles. The van der Waals surface area contributed by atoms with Crippen LogP contribution in [0.15, 0.2) is 27.8 Å². The smallest absolute Gasteiger partial charge is 0.391 e. The maximum atomic E-state index is 12.7. The minimum absolute atomic E-state index is 0. The van der Waals surface area contributed by atoms with Gasteiger partial charge in [0.2, 0.25) is 0 Å². The van der Waals surface area contributed by atoms with Crippen LogP contribution in [0.4, 0.5) is 13.2 Å². The van der Waals surface area contributed by atoms with Gasteiger partial charge in [0.25, 0.3) is 0 Å². The van der Waals surface area contributed by atoms with Crippen LogP contribution in [0.3, 0.4) is 0 Å². The van der Waals surface area contributed by atoms with Crippen molar-refractivity contribution in [2.75, 3.05) is 13.6 Å². The molecule has 1 aliphatic rings. The van der Waals surface area contributed by atoms with Gasteiger partial charge >= 0.3 is 6.18 Å². The summed E-state index contributed by atoms with van der Waals surface area (Å²) in [7, 11) is 1.58. The second-order valence-electron chi connectivity index (χ2n) is 6.41. The molecule has 1 aromatic rings. The molecular weight excluding hydrogens is 450 g/mol. The van der Waals surface area contributed by atoms with Crippen LogP contribution >= 0.6 is 24.0 Å². The summed E-state index contributed by atoms with van der Waals surface area (Å²) >= 11 is 0. The van der Waals surface area contributed by atoms with E-state index in [0.29, 0.717) is 24.6 Å². The molecule has 5 nitrogen and oxygen atoms in total. The van der Waals surface area contributed by atoms with E-state index in [1.54, 1.807) is 26.1 Å². The molecule has 1 aliphatic carbocycles. The van der Waals surface area contributed by atoms with Gasteiger partial charge in [0.1, 0.15) is 11.4 Å². The lowest BCUT2D eigenvalue weighted by Gasteiger charge is -2.31. The van der Waals surface area contributed by atoms with Crippen molar-refractivity contribution in [2.24, 2.45) is 10.9 Å². The van der Waals surface area contributed by atoms with Crippen LogP contribution in [0.25, 0.3) is 0 Å². The summed E-state index contributed by atoms with van der Waals surface area (Å²) in [5.41, 5.74) is -1.21. The highest BCUT2D eigenvalue weighted by Gasteiger charge is 2.41. The lowest BCUT2D eigenvalue weighted by atomic mass is 9.85. The Hall–Kier alpha value is -0.970. The van der Waals surface area contributed by atoms with Crippen molar-refractivity contribution >= 4 is 29.9 Å². The number of guanidine groups is 1. The summed E-state index contributed by atoms with van der Waals surface area (Å²) in [6, 6.07) is 3.31. The van der Waals surface area contributed by atoms with Crippen LogP contribution in [-0.2, 0) is 5.60 Å². The molecule has 2 rings (SSSR count). The molecule has 144 valence electrons. The highest BCUT2D eigenvalue weighted by atomic mass is 127. The number of halogens is 4. The number of alkyl halides is 3. The van der Waals surface area contributed by atoms with Crippen molar-refractivity contribution in [3.63, 3.8) is 0 Å². The Morgan fingerprint density at radius 1 is 1.32 bits per heavy atom. The zero-order chi connectivity index (χ0) is 17.8. The zero-order valence-corrected chi connectivity index (χ0v) is 16.6. The molecule has 0 saturated heterocycles. The van der Waals surface area contributed by atoms with E-state index in [2.05, 4.69) is 15.6 Å². The van der Waals surface area contributed by atoms with Gasteiger partial charge in [-0.25, -0.2) is 0 Å². The van der Waals surface area contributed by atoms with Crippen molar-refractivity contribution in [2.45, 2.75) is 50.4 Å². The van der Waals surface area contributed by atoms with E-state index in [1.165, 1.54) is 6.26 Å². The number of hydrogen-bond donors (Lipinski definition) is 3. The lowest BCUT2D eigenvalue weighted by molar-refractivity contribution is -0.182. The summed E-state index contributed by atoms with van der Waals surface area (Å²) in [6.07, 6.45) is -1.48. The van der Waals surface area contributed by atoms with Gasteiger partial charge in [-0.2, -0.15) is 13.2 Å². The average molecular weight is 475 g/mol. The molecule has 25 heavy (non-hydrogen) atoms. The quantitative estimate of drug-likeness (QED) is 0.355. The second kappa shape index (κ2) is 9.11. The summed E-state index contributed by atoms with van der Waals surface area (Å²) < 4.78 is 43.3. The fourth-order valence-electron chi connectivity index (χ4n) is 2.88. The van der Waals surface area contributed by atoms with Gasteiger partial charge in [-0.15, -0.1) is 24.0 Å². The highest BCUT2D eigenvalue weighted by Crippen LogP contribution is 2.37. The van der Waals surface area contributed by atoms with Crippen LogP contribution in [-0.4, -0.2) is 36.9 Å². The highest BCUT2D eigenvalue weighted by molar-refractivity contribution is 14.0. The molecule has 0 amide bonds. The number of hydrogen-bond acceptors (Lipinski definition) is 3. The van der Waals surface area contributed by atoms with E-state index in [0.717, 1.165) is 0 Å². The molecule has 9 heteroatoms. The molecule has 0 bridgehead atoms. The molecule has 1 fully saturated rings. The Bertz CT molecular complexity index is 539. The van der Waals surface area contributed by atoms with Crippen molar-refractivity contribution in [3.05, 3.63) is 24.2 Å². The zero-order valence-electron chi connectivity index (χ0n) is 14.3. The number of nitrogens with zero attached hydrogens (tertiary/aromatic N) is 1.